The molecule has 0 unspecified atom stereocenters. The van der Waals surface area contributed by atoms with Crippen LogP contribution in [0.1, 0.15) is 27.7 Å². The van der Waals surface area contributed by atoms with E-state index >= 15 is 0 Å². The molecule has 0 aliphatic rings. The molecule has 0 aliphatic heterocycles. The summed E-state index contributed by atoms with van der Waals surface area (Å²) in [4.78, 5) is 9.92. The van der Waals surface area contributed by atoms with Gasteiger partial charge in [-0.3, -0.25) is 4.79 Å². The van der Waals surface area contributed by atoms with E-state index in [1.807, 2.05) is 13.8 Å². The highest BCUT2D eigenvalue weighted by atomic mass is 19.5. The third-order valence-corrected chi connectivity index (χ3v) is 0.569. The lowest BCUT2D eigenvalue weighted by molar-refractivity contribution is -0.120. The number of amides is 1. The molecule has 0 bridgehead atoms. The Labute approximate surface area is 75.6 Å². The molecule has 2 nitrogen and oxygen atoms in total. The van der Waals surface area contributed by atoms with Crippen molar-refractivity contribution < 1.29 is 22.1 Å². The molecule has 0 aromatic rings. The van der Waals surface area contributed by atoms with Gasteiger partial charge in [0.15, 0.2) is 0 Å². The van der Waals surface area contributed by atoms with Crippen LogP contribution in [0.2, 0.25) is 0 Å². The van der Waals surface area contributed by atoms with E-state index < -0.39 is 7.25 Å². The highest BCUT2D eigenvalue weighted by Gasteiger charge is 2.20. The summed E-state index contributed by atoms with van der Waals surface area (Å²) in [7, 11) is -6.00. The molecule has 82 valence electrons. The van der Waals surface area contributed by atoms with Gasteiger partial charge in [-0.1, -0.05) is 27.7 Å². The van der Waals surface area contributed by atoms with E-state index in [9.17, 15) is 22.1 Å². The van der Waals surface area contributed by atoms with Crippen LogP contribution in [0.25, 0.3) is 0 Å². The predicted molar refractivity (Wildman–Crippen MR) is 45.6 cm³/mol. The lowest BCUT2D eigenvalue weighted by atomic mass is 10.2. The molecule has 0 saturated carbocycles. The molecule has 0 aromatic carbocycles. The van der Waals surface area contributed by atoms with Gasteiger partial charge in [0.05, 0.1) is 0 Å². The van der Waals surface area contributed by atoms with E-state index in [0.29, 0.717) is 0 Å². The average Bonchev–Trinajstić information content (AvgIpc) is 1.88. The highest BCUT2D eigenvalue weighted by molar-refractivity contribution is 6.50. The second-order valence-corrected chi connectivity index (χ2v) is 2.05. The van der Waals surface area contributed by atoms with Crippen LogP contribution >= 0.6 is 0 Å². The zero-order valence-electron chi connectivity index (χ0n) is 8.15. The molecule has 1 amide bonds. The van der Waals surface area contributed by atoms with Crippen LogP contribution in [0.4, 0.5) is 17.3 Å². The molecule has 13 heavy (non-hydrogen) atoms. The van der Waals surface area contributed by atoms with Crippen molar-refractivity contribution in [3.63, 3.8) is 0 Å². The Morgan fingerprint density at radius 3 is 1.23 bits per heavy atom. The maximum atomic E-state index is 9.92. The molecule has 0 fully saturated rings. The normalized spacial score (nSPS) is 9.31. The molecule has 2 N–H and O–H groups in total. The van der Waals surface area contributed by atoms with Crippen molar-refractivity contribution in [2.75, 3.05) is 0 Å². The smallest absolute Gasteiger partial charge is 0.418 e. The van der Waals surface area contributed by atoms with Gasteiger partial charge in [-0.15, -0.1) is 0 Å². The Morgan fingerprint density at radius 2 is 1.23 bits per heavy atom. The quantitative estimate of drug-likeness (QED) is 0.517. The van der Waals surface area contributed by atoms with Crippen molar-refractivity contribution in [1.29, 1.82) is 0 Å². The Morgan fingerprint density at radius 1 is 1.15 bits per heavy atom. The van der Waals surface area contributed by atoms with Crippen LogP contribution < -0.4 is 5.73 Å². The van der Waals surface area contributed by atoms with Crippen molar-refractivity contribution in [3.05, 3.63) is 0 Å². The van der Waals surface area contributed by atoms with Crippen LogP contribution in [-0.4, -0.2) is 13.2 Å². The number of carbonyl (C=O) groups is 1. The zero-order chi connectivity index (χ0) is 11.7. The Balaban J connectivity index is -0.000000131. The summed E-state index contributed by atoms with van der Waals surface area (Å²) in [6, 6.07) is 0. The van der Waals surface area contributed by atoms with Crippen LogP contribution in [-0.2, 0) is 4.79 Å². The number of nitrogens with two attached hydrogens (primary N) is 1. The number of hydrogen-bond acceptors (Lipinski definition) is 1. The number of hydrogen-bond donors (Lipinski definition) is 1. The molecule has 0 saturated heterocycles. The Kier molecular flexibility index (Phi) is 13.0. The zero-order valence-corrected chi connectivity index (χ0v) is 8.15. The van der Waals surface area contributed by atoms with E-state index in [2.05, 4.69) is 0 Å². The van der Waals surface area contributed by atoms with E-state index in [1.165, 1.54) is 0 Å². The summed E-state index contributed by atoms with van der Waals surface area (Å²) in [5, 5.41) is 0. The predicted octanol–water partition coefficient (Wildman–Crippen LogP) is 2.45. The third-order valence-electron chi connectivity index (χ3n) is 0.569. The molecule has 0 aromatic heterocycles. The fourth-order valence-electron chi connectivity index (χ4n) is 0. The minimum atomic E-state index is -6.00. The molecule has 0 spiro atoms. The monoisotopic (exact) mass is 204 g/mol. The Bertz CT molecular complexity index is 120. The first-order valence-corrected chi connectivity index (χ1v) is 3.81. The molecule has 0 aliphatic carbocycles. The maximum absolute atomic E-state index is 9.92. The number of halogens is 4. The molecule has 0 radical (unpaired) electrons. The highest BCUT2D eigenvalue weighted by Crippen LogP contribution is 2.06. The summed E-state index contributed by atoms with van der Waals surface area (Å²) in [6.45, 7) is 7.53. The average molecular weight is 204 g/mol. The van der Waals surface area contributed by atoms with Gasteiger partial charge in [-0.05, 0) is 0 Å². The van der Waals surface area contributed by atoms with Crippen molar-refractivity contribution >= 4 is 13.2 Å². The van der Waals surface area contributed by atoms with Crippen molar-refractivity contribution in [2.45, 2.75) is 27.7 Å². The number of rotatable bonds is 1. The van der Waals surface area contributed by atoms with Crippen LogP contribution in [0.3, 0.4) is 0 Å². The van der Waals surface area contributed by atoms with Gasteiger partial charge >= 0.3 is 7.25 Å². The van der Waals surface area contributed by atoms with Crippen molar-refractivity contribution in [3.8, 4) is 0 Å². The van der Waals surface area contributed by atoms with Crippen molar-refractivity contribution in [2.24, 2.45) is 11.7 Å². The van der Waals surface area contributed by atoms with E-state index in [-0.39, 0.29) is 11.8 Å². The topological polar surface area (TPSA) is 43.1 Å². The first-order valence-electron chi connectivity index (χ1n) is 3.81. The summed E-state index contributed by atoms with van der Waals surface area (Å²) in [5.41, 5.74) is 4.80. The lowest BCUT2D eigenvalue weighted by Crippen LogP contribution is -2.17. The largest absolute Gasteiger partial charge is 0.673 e. The second-order valence-electron chi connectivity index (χ2n) is 2.05. The lowest BCUT2D eigenvalue weighted by Gasteiger charge is -1.94. The van der Waals surface area contributed by atoms with E-state index in [4.69, 9.17) is 5.73 Å². The maximum Gasteiger partial charge on any atom is 0.673 e. The summed E-state index contributed by atoms with van der Waals surface area (Å²) < 4.78 is 39.0. The molecule has 0 heterocycles. The van der Waals surface area contributed by atoms with E-state index in [1.54, 1.807) is 13.8 Å². The van der Waals surface area contributed by atoms with Crippen LogP contribution in [0, 0.1) is 5.92 Å². The molecule has 0 atom stereocenters. The first-order chi connectivity index (χ1) is 5.64. The van der Waals surface area contributed by atoms with Crippen LogP contribution in [0.15, 0.2) is 0 Å². The molecule has 0 rings (SSSR count). The first kappa shape index (κ1) is 18.1. The van der Waals surface area contributed by atoms with Gasteiger partial charge in [0.2, 0.25) is 5.91 Å². The van der Waals surface area contributed by atoms with E-state index in [0.717, 1.165) is 0 Å². The second kappa shape index (κ2) is 9.34. The van der Waals surface area contributed by atoms with Gasteiger partial charge in [-0.25, -0.2) is 0 Å². The summed E-state index contributed by atoms with van der Waals surface area (Å²) >= 11 is 0. The minimum Gasteiger partial charge on any atom is -0.418 e. The van der Waals surface area contributed by atoms with Gasteiger partial charge in [0, 0.05) is 5.92 Å². The van der Waals surface area contributed by atoms with Gasteiger partial charge < -0.3 is 23.0 Å². The minimum absolute atomic E-state index is 0.00926. The Hall–Kier alpha value is -0.745. The molecule has 7 heteroatoms. The summed E-state index contributed by atoms with van der Waals surface area (Å²) in [5.74, 6) is -0.250. The number of carbonyl (C=O) groups excluding carboxylic acids is 1. The number of primary amides is 1. The van der Waals surface area contributed by atoms with Crippen molar-refractivity contribution in [1.82, 2.24) is 0 Å². The van der Waals surface area contributed by atoms with Gasteiger partial charge in [-0.2, -0.15) is 0 Å². The molecular weight excluding hydrogens is 189 g/mol. The third kappa shape index (κ3) is 91.0. The van der Waals surface area contributed by atoms with Gasteiger partial charge in [0.25, 0.3) is 0 Å². The SMILES string of the molecule is CC.CC(C)C(N)=O.F[B-](F)(F)F. The fourth-order valence-corrected chi connectivity index (χ4v) is 0. The van der Waals surface area contributed by atoms with Gasteiger partial charge in [0.1, 0.15) is 0 Å². The molecular formula is C6H15BF4NO-. The summed E-state index contributed by atoms with van der Waals surface area (Å²) in [6.07, 6.45) is 0. The standard InChI is InChI=1S/C4H9NO.C2H6.BF4/c1-3(2)4(5)6;1-2;2-1(3,4)5/h3H,1-2H3,(H2,5,6);1-2H3;/q;;-1. The fraction of sp³-hybridized carbons (Fsp3) is 0.833. The van der Waals surface area contributed by atoms with Crippen LogP contribution in [0.5, 0.6) is 0 Å².